The standard InChI is InChI=1S/C17H25N3O5S.ClH/c18-14-4-6-20(7-5-14)26(22,23)16-3-1-2-13(10-16)17(21)19-11-15-12-24-8-9-25-15;/h1-3,10,14-15H,4-9,11-12,18H2,(H,19,21);1H. The molecule has 1 aromatic carbocycles. The fourth-order valence-corrected chi connectivity index (χ4v) is 4.54. The molecule has 0 aromatic heterocycles. The van der Waals surface area contributed by atoms with Crippen LogP contribution in [0.4, 0.5) is 0 Å². The Bertz CT molecular complexity index is 732. The van der Waals surface area contributed by atoms with E-state index in [-0.39, 0.29) is 35.4 Å². The second kappa shape index (κ2) is 9.81. The molecule has 27 heavy (non-hydrogen) atoms. The van der Waals surface area contributed by atoms with Gasteiger partial charge in [0.05, 0.1) is 30.8 Å². The zero-order chi connectivity index (χ0) is 18.6. The minimum absolute atomic E-state index is 0. The Kier molecular flexibility index (Phi) is 8.02. The van der Waals surface area contributed by atoms with E-state index in [1.165, 1.54) is 16.4 Å². The lowest BCUT2D eigenvalue weighted by atomic mass is 10.1. The number of hydrogen-bond donors (Lipinski definition) is 2. The van der Waals surface area contributed by atoms with Crippen molar-refractivity contribution in [2.24, 2.45) is 5.73 Å². The highest BCUT2D eigenvalue weighted by molar-refractivity contribution is 7.89. The fourth-order valence-electron chi connectivity index (χ4n) is 3.03. The van der Waals surface area contributed by atoms with Gasteiger partial charge in [0.15, 0.2) is 0 Å². The van der Waals surface area contributed by atoms with Gasteiger partial charge in [0.2, 0.25) is 10.0 Å². The van der Waals surface area contributed by atoms with Gasteiger partial charge in [-0.05, 0) is 31.0 Å². The number of rotatable bonds is 5. The van der Waals surface area contributed by atoms with Crippen LogP contribution in [0.15, 0.2) is 29.2 Å². The van der Waals surface area contributed by atoms with E-state index in [1.807, 2.05) is 0 Å². The highest BCUT2D eigenvalue weighted by atomic mass is 35.5. The maximum atomic E-state index is 12.8. The number of carbonyl (C=O) groups is 1. The Hall–Kier alpha value is -1.23. The number of nitrogens with two attached hydrogens (primary N) is 1. The van der Waals surface area contributed by atoms with Crippen molar-refractivity contribution in [2.45, 2.75) is 29.9 Å². The van der Waals surface area contributed by atoms with E-state index >= 15 is 0 Å². The summed E-state index contributed by atoms with van der Waals surface area (Å²) in [4.78, 5) is 12.5. The SMILES string of the molecule is Cl.NC1CCN(S(=O)(=O)c2cccc(C(=O)NCC3COCCO3)c2)CC1. The van der Waals surface area contributed by atoms with Crippen molar-refractivity contribution < 1.29 is 22.7 Å². The van der Waals surface area contributed by atoms with Gasteiger partial charge in [-0.2, -0.15) is 4.31 Å². The van der Waals surface area contributed by atoms with Gasteiger partial charge in [-0.15, -0.1) is 12.4 Å². The molecule has 3 N–H and O–H groups in total. The van der Waals surface area contributed by atoms with E-state index in [1.54, 1.807) is 12.1 Å². The highest BCUT2D eigenvalue weighted by Gasteiger charge is 2.28. The monoisotopic (exact) mass is 419 g/mol. The third kappa shape index (κ3) is 5.63. The molecule has 0 radical (unpaired) electrons. The molecule has 1 atom stereocenters. The predicted octanol–water partition coefficient (Wildman–Crippen LogP) is 0.365. The van der Waals surface area contributed by atoms with Gasteiger partial charge in [-0.25, -0.2) is 8.42 Å². The number of ether oxygens (including phenoxy) is 2. The van der Waals surface area contributed by atoms with Crippen LogP contribution in [0.3, 0.4) is 0 Å². The quantitative estimate of drug-likeness (QED) is 0.713. The summed E-state index contributed by atoms with van der Waals surface area (Å²) in [5.74, 6) is -0.336. The lowest BCUT2D eigenvalue weighted by molar-refractivity contribution is -0.0855. The van der Waals surface area contributed by atoms with Crippen molar-refractivity contribution in [1.29, 1.82) is 0 Å². The minimum atomic E-state index is -3.62. The summed E-state index contributed by atoms with van der Waals surface area (Å²) >= 11 is 0. The predicted molar refractivity (Wildman–Crippen MR) is 103 cm³/mol. The molecule has 1 aromatic rings. The van der Waals surface area contributed by atoms with Crippen LogP contribution >= 0.6 is 12.4 Å². The Balaban J connectivity index is 0.00000261. The first kappa shape index (κ1) is 22.1. The fraction of sp³-hybridized carbons (Fsp3) is 0.588. The van der Waals surface area contributed by atoms with Crippen molar-refractivity contribution in [2.75, 3.05) is 39.5 Å². The molecule has 0 bridgehead atoms. The summed E-state index contributed by atoms with van der Waals surface area (Å²) in [6.45, 7) is 2.63. The highest BCUT2D eigenvalue weighted by Crippen LogP contribution is 2.21. The number of piperidine rings is 1. The van der Waals surface area contributed by atoms with Crippen molar-refractivity contribution in [3.8, 4) is 0 Å². The van der Waals surface area contributed by atoms with Gasteiger partial charge in [-0.1, -0.05) is 6.07 Å². The number of amides is 1. The molecule has 10 heteroatoms. The summed E-state index contributed by atoms with van der Waals surface area (Å²) < 4.78 is 37.8. The van der Waals surface area contributed by atoms with E-state index in [2.05, 4.69) is 5.32 Å². The van der Waals surface area contributed by atoms with Gasteiger partial charge >= 0.3 is 0 Å². The van der Waals surface area contributed by atoms with Crippen LogP contribution in [0, 0.1) is 0 Å². The van der Waals surface area contributed by atoms with Crippen LogP contribution in [0.1, 0.15) is 23.2 Å². The summed E-state index contributed by atoms with van der Waals surface area (Å²) in [6, 6.07) is 6.15. The van der Waals surface area contributed by atoms with E-state index in [4.69, 9.17) is 15.2 Å². The normalized spacial score (nSPS) is 22.0. The Morgan fingerprint density at radius 1 is 1.26 bits per heavy atom. The van der Waals surface area contributed by atoms with Crippen LogP contribution in [0.25, 0.3) is 0 Å². The molecule has 0 saturated carbocycles. The maximum Gasteiger partial charge on any atom is 0.251 e. The Morgan fingerprint density at radius 2 is 2.00 bits per heavy atom. The number of halogens is 1. The first-order valence-electron chi connectivity index (χ1n) is 8.80. The minimum Gasteiger partial charge on any atom is -0.376 e. The Labute approximate surface area is 165 Å². The van der Waals surface area contributed by atoms with E-state index in [0.717, 1.165) is 0 Å². The average Bonchev–Trinajstić information content (AvgIpc) is 2.67. The van der Waals surface area contributed by atoms with Gasteiger partial charge < -0.3 is 20.5 Å². The molecule has 2 heterocycles. The topological polar surface area (TPSA) is 111 Å². The molecular formula is C17H26ClN3O5S. The lowest BCUT2D eigenvalue weighted by Gasteiger charge is -2.29. The second-order valence-corrected chi connectivity index (χ2v) is 8.49. The number of nitrogens with zero attached hydrogens (tertiary/aromatic N) is 1. The number of carbonyl (C=O) groups excluding carboxylic acids is 1. The molecule has 2 aliphatic heterocycles. The molecule has 0 spiro atoms. The van der Waals surface area contributed by atoms with Gasteiger partial charge in [0.25, 0.3) is 5.91 Å². The molecule has 1 amide bonds. The molecule has 0 aliphatic carbocycles. The van der Waals surface area contributed by atoms with E-state index in [9.17, 15) is 13.2 Å². The number of hydrogen-bond acceptors (Lipinski definition) is 6. The van der Waals surface area contributed by atoms with Crippen LogP contribution < -0.4 is 11.1 Å². The molecule has 3 rings (SSSR count). The van der Waals surface area contributed by atoms with Crippen molar-refractivity contribution >= 4 is 28.3 Å². The van der Waals surface area contributed by atoms with Crippen LogP contribution in [-0.2, 0) is 19.5 Å². The third-order valence-electron chi connectivity index (χ3n) is 4.61. The molecule has 152 valence electrons. The van der Waals surface area contributed by atoms with Crippen LogP contribution in [0.5, 0.6) is 0 Å². The van der Waals surface area contributed by atoms with Crippen LogP contribution in [0.2, 0.25) is 0 Å². The van der Waals surface area contributed by atoms with Gasteiger partial charge in [0, 0.05) is 31.2 Å². The third-order valence-corrected chi connectivity index (χ3v) is 6.50. The summed E-state index contributed by atoms with van der Waals surface area (Å²) in [5, 5.41) is 2.76. The number of sulfonamides is 1. The largest absolute Gasteiger partial charge is 0.376 e. The number of nitrogens with one attached hydrogen (secondary N) is 1. The van der Waals surface area contributed by atoms with Crippen molar-refractivity contribution in [3.05, 3.63) is 29.8 Å². The maximum absolute atomic E-state index is 12.8. The first-order chi connectivity index (χ1) is 12.5. The lowest BCUT2D eigenvalue weighted by Crippen LogP contribution is -2.42. The van der Waals surface area contributed by atoms with Crippen molar-refractivity contribution in [1.82, 2.24) is 9.62 Å². The molecule has 2 fully saturated rings. The molecule has 8 nitrogen and oxygen atoms in total. The average molecular weight is 420 g/mol. The molecular weight excluding hydrogens is 394 g/mol. The molecule has 2 saturated heterocycles. The summed E-state index contributed by atoms with van der Waals surface area (Å²) in [7, 11) is -3.62. The smallest absolute Gasteiger partial charge is 0.251 e. The molecule has 1 unspecified atom stereocenters. The first-order valence-corrected chi connectivity index (χ1v) is 10.2. The van der Waals surface area contributed by atoms with Crippen molar-refractivity contribution in [3.63, 3.8) is 0 Å². The van der Waals surface area contributed by atoms with Crippen LogP contribution in [-0.4, -0.2) is 70.2 Å². The van der Waals surface area contributed by atoms with E-state index in [0.29, 0.717) is 57.9 Å². The summed E-state index contributed by atoms with van der Waals surface area (Å²) in [6.07, 6.45) is 1.10. The zero-order valence-electron chi connectivity index (χ0n) is 15.0. The van der Waals surface area contributed by atoms with Gasteiger partial charge in [-0.3, -0.25) is 4.79 Å². The second-order valence-electron chi connectivity index (χ2n) is 6.55. The van der Waals surface area contributed by atoms with E-state index < -0.39 is 10.0 Å². The Morgan fingerprint density at radius 3 is 2.67 bits per heavy atom. The summed E-state index contributed by atoms with van der Waals surface area (Å²) in [5.41, 5.74) is 6.15. The zero-order valence-corrected chi connectivity index (χ0v) is 16.6. The number of benzene rings is 1. The van der Waals surface area contributed by atoms with Gasteiger partial charge in [0.1, 0.15) is 0 Å². The molecule has 2 aliphatic rings.